The zero-order valence-electron chi connectivity index (χ0n) is 10.9. The Morgan fingerprint density at radius 3 is 2.79 bits per heavy atom. The molecule has 19 heavy (non-hydrogen) atoms. The van der Waals surface area contributed by atoms with Gasteiger partial charge in [0.15, 0.2) is 0 Å². The van der Waals surface area contributed by atoms with Crippen LogP contribution in [-0.4, -0.2) is 39.9 Å². The molecule has 0 saturated carbocycles. The van der Waals surface area contributed by atoms with Crippen molar-refractivity contribution in [2.45, 2.75) is 13.8 Å². The lowest BCUT2D eigenvalue weighted by Gasteiger charge is -2.23. The van der Waals surface area contributed by atoms with E-state index in [2.05, 4.69) is 10.1 Å². The molecule has 1 unspecified atom stereocenters. The van der Waals surface area contributed by atoms with Gasteiger partial charge in [0, 0.05) is 19.0 Å². The first-order valence-corrected chi connectivity index (χ1v) is 5.87. The van der Waals surface area contributed by atoms with Gasteiger partial charge in [-0.3, -0.25) is 4.79 Å². The van der Waals surface area contributed by atoms with Crippen LogP contribution < -0.4 is 5.73 Å². The van der Waals surface area contributed by atoms with Crippen LogP contribution in [0.25, 0.3) is 0 Å². The van der Waals surface area contributed by atoms with E-state index in [9.17, 15) is 9.18 Å². The molecule has 0 saturated heterocycles. The van der Waals surface area contributed by atoms with Crippen LogP contribution in [0.2, 0.25) is 0 Å². The van der Waals surface area contributed by atoms with Gasteiger partial charge >= 0.3 is 0 Å². The molecular formula is C12H17FN4O2. The van der Waals surface area contributed by atoms with Crippen molar-refractivity contribution in [1.82, 2.24) is 9.88 Å². The van der Waals surface area contributed by atoms with Crippen LogP contribution in [0.15, 0.2) is 23.5 Å². The van der Waals surface area contributed by atoms with Gasteiger partial charge < -0.3 is 15.8 Å². The molecule has 104 valence electrons. The highest BCUT2D eigenvalue weighted by Gasteiger charge is 2.19. The van der Waals surface area contributed by atoms with E-state index in [4.69, 9.17) is 10.9 Å². The summed E-state index contributed by atoms with van der Waals surface area (Å²) >= 11 is 0. The Bertz CT molecular complexity index is 461. The van der Waals surface area contributed by atoms with E-state index in [1.54, 1.807) is 13.8 Å². The number of oxime groups is 1. The highest BCUT2D eigenvalue weighted by molar-refractivity contribution is 5.92. The van der Waals surface area contributed by atoms with Crippen molar-refractivity contribution in [3.8, 4) is 0 Å². The average Bonchev–Trinajstić information content (AvgIpc) is 2.43. The number of rotatable bonds is 5. The predicted octanol–water partition coefficient (Wildman–Crippen LogP) is 1.07. The summed E-state index contributed by atoms with van der Waals surface area (Å²) in [6, 6.07) is 2.51. The fourth-order valence-electron chi connectivity index (χ4n) is 1.54. The molecule has 0 bridgehead atoms. The van der Waals surface area contributed by atoms with E-state index in [1.807, 2.05) is 0 Å². The third-order valence-corrected chi connectivity index (χ3v) is 2.73. The topological polar surface area (TPSA) is 91.8 Å². The molecule has 0 radical (unpaired) electrons. The number of hydrogen-bond donors (Lipinski definition) is 2. The van der Waals surface area contributed by atoms with Crippen molar-refractivity contribution in [2.75, 3.05) is 13.1 Å². The van der Waals surface area contributed by atoms with Crippen LogP contribution in [0, 0.1) is 11.7 Å². The van der Waals surface area contributed by atoms with Crippen molar-refractivity contribution >= 4 is 11.7 Å². The minimum atomic E-state index is -0.496. The van der Waals surface area contributed by atoms with E-state index in [-0.39, 0.29) is 23.4 Å². The second kappa shape index (κ2) is 6.67. The Morgan fingerprint density at radius 2 is 2.32 bits per heavy atom. The molecule has 6 nitrogen and oxygen atoms in total. The summed E-state index contributed by atoms with van der Waals surface area (Å²) in [4.78, 5) is 17.4. The molecule has 0 aliphatic carbocycles. The monoisotopic (exact) mass is 268 g/mol. The number of carbonyl (C=O) groups excluding carboxylic acids is 1. The molecule has 0 aromatic carbocycles. The van der Waals surface area contributed by atoms with Gasteiger partial charge in [-0.15, -0.1) is 0 Å². The van der Waals surface area contributed by atoms with Gasteiger partial charge in [-0.1, -0.05) is 12.1 Å². The third-order valence-electron chi connectivity index (χ3n) is 2.73. The van der Waals surface area contributed by atoms with Crippen LogP contribution in [0.1, 0.15) is 24.3 Å². The summed E-state index contributed by atoms with van der Waals surface area (Å²) in [5.74, 6) is -1.04. The zero-order valence-corrected chi connectivity index (χ0v) is 10.9. The van der Waals surface area contributed by atoms with Crippen molar-refractivity contribution < 1.29 is 14.4 Å². The van der Waals surface area contributed by atoms with Crippen molar-refractivity contribution in [3.63, 3.8) is 0 Å². The minimum absolute atomic E-state index is 0.0540. The molecule has 7 heteroatoms. The molecule has 0 aliphatic heterocycles. The fraction of sp³-hybridized carbons (Fsp3) is 0.417. The molecule has 1 amide bonds. The number of halogens is 1. The molecule has 1 atom stereocenters. The number of pyridine rings is 1. The number of carbonyl (C=O) groups is 1. The lowest BCUT2D eigenvalue weighted by molar-refractivity contribution is 0.0748. The van der Waals surface area contributed by atoms with E-state index < -0.39 is 5.82 Å². The first-order valence-electron chi connectivity index (χ1n) is 5.87. The number of amides is 1. The molecule has 1 heterocycles. The van der Waals surface area contributed by atoms with E-state index in [0.29, 0.717) is 13.1 Å². The maximum atomic E-state index is 12.7. The maximum Gasteiger partial charge on any atom is 0.272 e. The third kappa shape index (κ3) is 3.90. The molecule has 3 N–H and O–H groups in total. The van der Waals surface area contributed by atoms with Crippen molar-refractivity contribution in [3.05, 3.63) is 29.8 Å². The Balaban J connectivity index is 2.80. The summed E-state index contributed by atoms with van der Waals surface area (Å²) in [5, 5.41) is 11.5. The Hall–Kier alpha value is -2.18. The highest BCUT2D eigenvalue weighted by Crippen LogP contribution is 2.07. The minimum Gasteiger partial charge on any atom is -0.409 e. The largest absolute Gasteiger partial charge is 0.409 e. The van der Waals surface area contributed by atoms with Crippen LogP contribution in [-0.2, 0) is 0 Å². The summed E-state index contributed by atoms with van der Waals surface area (Å²) in [7, 11) is 0. The molecule has 0 fully saturated rings. The molecule has 0 spiro atoms. The van der Waals surface area contributed by atoms with Gasteiger partial charge in [0.2, 0.25) is 0 Å². The Kier molecular flexibility index (Phi) is 5.23. The standard InChI is InChI=1S/C12H17FN4O2/c1-3-17(7-8(2)11(14)16-19)12(18)10-5-4-9(13)6-15-10/h4-6,8,19H,3,7H2,1-2H3,(H2,14,16). The van der Waals surface area contributed by atoms with E-state index in [0.717, 1.165) is 6.20 Å². The van der Waals surface area contributed by atoms with Gasteiger partial charge in [-0.2, -0.15) is 0 Å². The molecule has 1 rings (SSSR count). The summed E-state index contributed by atoms with van der Waals surface area (Å²) in [5.41, 5.74) is 5.64. The maximum absolute atomic E-state index is 12.7. The normalized spacial score (nSPS) is 13.1. The van der Waals surface area contributed by atoms with Gasteiger partial charge in [-0.25, -0.2) is 9.37 Å². The smallest absolute Gasteiger partial charge is 0.272 e. The first-order chi connectivity index (χ1) is 8.99. The molecular weight excluding hydrogens is 251 g/mol. The number of nitrogens with two attached hydrogens (primary N) is 1. The van der Waals surface area contributed by atoms with E-state index >= 15 is 0 Å². The van der Waals surface area contributed by atoms with Crippen LogP contribution in [0.3, 0.4) is 0 Å². The van der Waals surface area contributed by atoms with Crippen LogP contribution >= 0.6 is 0 Å². The lowest BCUT2D eigenvalue weighted by atomic mass is 10.1. The van der Waals surface area contributed by atoms with Gasteiger partial charge in [0.1, 0.15) is 17.3 Å². The summed E-state index contributed by atoms with van der Waals surface area (Å²) in [6.45, 7) is 4.29. The number of amidine groups is 1. The number of aromatic nitrogens is 1. The molecule has 1 aromatic rings. The summed E-state index contributed by atoms with van der Waals surface area (Å²) in [6.07, 6.45) is 0.994. The summed E-state index contributed by atoms with van der Waals surface area (Å²) < 4.78 is 12.7. The van der Waals surface area contributed by atoms with Crippen LogP contribution in [0.4, 0.5) is 4.39 Å². The second-order valence-electron chi connectivity index (χ2n) is 4.13. The van der Waals surface area contributed by atoms with Gasteiger partial charge in [0.05, 0.1) is 6.20 Å². The fourth-order valence-corrected chi connectivity index (χ4v) is 1.54. The molecule has 0 aliphatic rings. The lowest BCUT2D eigenvalue weighted by Crippen LogP contribution is -2.39. The second-order valence-corrected chi connectivity index (χ2v) is 4.13. The number of nitrogens with zero attached hydrogens (tertiary/aromatic N) is 3. The van der Waals surface area contributed by atoms with Crippen molar-refractivity contribution in [1.29, 1.82) is 0 Å². The quantitative estimate of drug-likeness (QED) is 0.361. The Labute approximate surface area is 110 Å². The van der Waals surface area contributed by atoms with E-state index in [1.165, 1.54) is 17.0 Å². The van der Waals surface area contributed by atoms with Crippen LogP contribution in [0.5, 0.6) is 0 Å². The Morgan fingerprint density at radius 1 is 1.63 bits per heavy atom. The number of hydrogen-bond acceptors (Lipinski definition) is 4. The average molecular weight is 268 g/mol. The highest BCUT2D eigenvalue weighted by atomic mass is 19.1. The SMILES string of the molecule is CCN(CC(C)/C(N)=N/O)C(=O)c1ccc(F)cn1. The zero-order chi connectivity index (χ0) is 14.4. The van der Waals surface area contributed by atoms with Gasteiger partial charge in [0.25, 0.3) is 5.91 Å². The predicted molar refractivity (Wildman–Crippen MR) is 68.3 cm³/mol. The van der Waals surface area contributed by atoms with Gasteiger partial charge in [-0.05, 0) is 19.1 Å². The first kappa shape index (κ1) is 14.9. The molecule has 1 aromatic heterocycles. The van der Waals surface area contributed by atoms with Crippen molar-refractivity contribution in [2.24, 2.45) is 16.8 Å².